The molecule has 1 atom stereocenters. The van der Waals surface area contributed by atoms with E-state index in [1.165, 1.54) is 12.7 Å². The van der Waals surface area contributed by atoms with Crippen molar-refractivity contribution in [1.29, 1.82) is 0 Å². The molecule has 108 valence electrons. The standard InChI is InChI=1S/C15H25NO2S/c1-12(2)10-11-16(4)13(3)14-6-8-15(9-7-14)19(5,17)18/h6-9,12-13H,10-11H2,1-5H3. The summed E-state index contributed by atoms with van der Waals surface area (Å²) in [5.74, 6) is 0.697. The molecule has 1 unspecified atom stereocenters. The number of sulfone groups is 1. The van der Waals surface area contributed by atoms with Gasteiger partial charge in [0.2, 0.25) is 0 Å². The topological polar surface area (TPSA) is 37.4 Å². The number of nitrogens with zero attached hydrogens (tertiary/aromatic N) is 1. The first-order valence-electron chi connectivity index (χ1n) is 6.72. The third kappa shape index (κ3) is 4.96. The monoisotopic (exact) mass is 283 g/mol. The molecule has 0 aliphatic heterocycles. The van der Waals surface area contributed by atoms with Gasteiger partial charge in [-0.15, -0.1) is 0 Å². The van der Waals surface area contributed by atoms with E-state index in [2.05, 4.69) is 32.7 Å². The molecule has 0 aliphatic rings. The molecule has 0 saturated heterocycles. The molecule has 0 aliphatic carbocycles. The highest BCUT2D eigenvalue weighted by atomic mass is 32.2. The average Bonchev–Trinajstić information content (AvgIpc) is 2.34. The Balaban J connectivity index is 2.75. The molecule has 1 rings (SSSR count). The van der Waals surface area contributed by atoms with Crippen LogP contribution in [0.1, 0.15) is 38.8 Å². The first-order valence-corrected chi connectivity index (χ1v) is 8.61. The highest BCUT2D eigenvalue weighted by Gasteiger charge is 2.13. The minimum Gasteiger partial charge on any atom is -0.300 e. The normalized spacial score (nSPS) is 14.1. The van der Waals surface area contributed by atoms with Crippen LogP contribution in [-0.4, -0.2) is 33.2 Å². The lowest BCUT2D eigenvalue weighted by molar-refractivity contribution is 0.246. The summed E-state index contributed by atoms with van der Waals surface area (Å²) in [6.45, 7) is 7.64. The largest absolute Gasteiger partial charge is 0.300 e. The lowest BCUT2D eigenvalue weighted by Gasteiger charge is -2.26. The van der Waals surface area contributed by atoms with Crippen LogP contribution in [0.15, 0.2) is 29.2 Å². The van der Waals surface area contributed by atoms with Gasteiger partial charge in [-0.1, -0.05) is 26.0 Å². The number of hydrogen-bond acceptors (Lipinski definition) is 3. The van der Waals surface area contributed by atoms with Crippen LogP contribution in [0.25, 0.3) is 0 Å². The molecule has 0 aromatic heterocycles. The molecule has 0 heterocycles. The highest BCUT2D eigenvalue weighted by Crippen LogP contribution is 2.21. The fraction of sp³-hybridized carbons (Fsp3) is 0.600. The van der Waals surface area contributed by atoms with Gasteiger partial charge in [-0.05, 0) is 50.6 Å². The molecular weight excluding hydrogens is 258 g/mol. The van der Waals surface area contributed by atoms with Crippen molar-refractivity contribution in [2.45, 2.75) is 38.1 Å². The minimum absolute atomic E-state index is 0.298. The van der Waals surface area contributed by atoms with Crippen LogP contribution in [0, 0.1) is 5.92 Å². The van der Waals surface area contributed by atoms with Gasteiger partial charge in [0, 0.05) is 12.3 Å². The highest BCUT2D eigenvalue weighted by molar-refractivity contribution is 7.90. The third-order valence-electron chi connectivity index (χ3n) is 3.51. The molecular formula is C15H25NO2S. The van der Waals surface area contributed by atoms with Gasteiger partial charge in [0.05, 0.1) is 4.90 Å². The Morgan fingerprint density at radius 3 is 2.05 bits per heavy atom. The van der Waals surface area contributed by atoms with Gasteiger partial charge in [0.25, 0.3) is 0 Å². The second-order valence-corrected chi connectivity index (χ2v) is 7.70. The lowest BCUT2D eigenvalue weighted by atomic mass is 10.1. The van der Waals surface area contributed by atoms with Crippen LogP contribution in [-0.2, 0) is 9.84 Å². The van der Waals surface area contributed by atoms with E-state index in [0.717, 1.165) is 12.1 Å². The molecule has 1 aromatic carbocycles. The maximum atomic E-state index is 11.4. The molecule has 3 nitrogen and oxygen atoms in total. The van der Waals surface area contributed by atoms with Crippen molar-refractivity contribution in [3.05, 3.63) is 29.8 Å². The zero-order valence-electron chi connectivity index (χ0n) is 12.6. The Hall–Kier alpha value is -0.870. The molecule has 0 spiro atoms. The summed E-state index contributed by atoms with van der Waals surface area (Å²) in [7, 11) is -0.992. The van der Waals surface area contributed by atoms with Gasteiger partial charge < -0.3 is 0 Å². The zero-order valence-corrected chi connectivity index (χ0v) is 13.4. The Morgan fingerprint density at radius 2 is 1.63 bits per heavy atom. The predicted molar refractivity (Wildman–Crippen MR) is 80.1 cm³/mol. The van der Waals surface area contributed by atoms with E-state index in [9.17, 15) is 8.42 Å². The summed E-state index contributed by atoms with van der Waals surface area (Å²) < 4.78 is 22.8. The van der Waals surface area contributed by atoms with Crippen molar-refractivity contribution in [3.63, 3.8) is 0 Å². The van der Waals surface area contributed by atoms with E-state index in [1.54, 1.807) is 12.1 Å². The van der Waals surface area contributed by atoms with Crippen LogP contribution < -0.4 is 0 Å². The van der Waals surface area contributed by atoms with E-state index < -0.39 is 9.84 Å². The van der Waals surface area contributed by atoms with E-state index in [-0.39, 0.29) is 0 Å². The van der Waals surface area contributed by atoms with Crippen molar-refractivity contribution < 1.29 is 8.42 Å². The van der Waals surface area contributed by atoms with Crippen molar-refractivity contribution >= 4 is 9.84 Å². The van der Waals surface area contributed by atoms with Gasteiger partial charge in [-0.25, -0.2) is 8.42 Å². The molecule has 0 amide bonds. The van der Waals surface area contributed by atoms with Crippen molar-refractivity contribution in [2.24, 2.45) is 5.92 Å². The van der Waals surface area contributed by atoms with Gasteiger partial charge >= 0.3 is 0 Å². The van der Waals surface area contributed by atoms with E-state index >= 15 is 0 Å². The summed E-state index contributed by atoms with van der Waals surface area (Å²) in [6, 6.07) is 7.50. The second kappa shape index (κ2) is 6.53. The Kier molecular flexibility index (Phi) is 5.56. The molecule has 0 saturated carbocycles. The molecule has 19 heavy (non-hydrogen) atoms. The average molecular weight is 283 g/mol. The van der Waals surface area contributed by atoms with Crippen LogP contribution in [0.3, 0.4) is 0 Å². The molecule has 0 radical (unpaired) electrons. The predicted octanol–water partition coefficient (Wildman–Crippen LogP) is 3.13. The van der Waals surface area contributed by atoms with Crippen LogP contribution in [0.2, 0.25) is 0 Å². The van der Waals surface area contributed by atoms with Crippen molar-refractivity contribution in [1.82, 2.24) is 4.90 Å². The molecule has 0 N–H and O–H groups in total. The van der Waals surface area contributed by atoms with E-state index in [1.807, 2.05) is 12.1 Å². The van der Waals surface area contributed by atoms with Gasteiger partial charge in [-0.2, -0.15) is 0 Å². The van der Waals surface area contributed by atoms with E-state index in [4.69, 9.17) is 0 Å². The zero-order chi connectivity index (χ0) is 14.6. The van der Waals surface area contributed by atoms with E-state index in [0.29, 0.717) is 16.9 Å². The Morgan fingerprint density at radius 1 is 1.11 bits per heavy atom. The number of rotatable bonds is 6. The lowest BCUT2D eigenvalue weighted by Crippen LogP contribution is -2.24. The van der Waals surface area contributed by atoms with Gasteiger partial charge in [0.15, 0.2) is 9.84 Å². The number of hydrogen-bond donors (Lipinski definition) is 0. The molecule has 4 heteroatoms. The molecule has 1 aromatic rings. The fourth-order valence-electron chi connectivity index (χ4n) is 1.90. The summed E-state index contributed by atoms with van der Waals surface area (Å²) in [5, 5.41) is 0. The Labute approximate surface area is 117 Å². The maximum absolute atomic E-state index is 11.4. The molecule has 0 bridgehead atoms. The minimum atomic E-state index is -3.10. The summed E-state index contributed by atoms with van der Waals surface area (Å²) in [6.07, 6.45) is 2.41. The summed E-state index contributed by atoms with van der Waals surface area (Å²) in [4.78, 5) is 2.68. The SMILES string of the molecule is CC(C)CCN(C)C(C)c1ccc(S(C)(=O)=O)cc1. The second-order valence-electron chi connectivity index (χ2n) is 5.68. The van der Waals surface area contributed by atoms with Crippen molar-refractivity contribution in [3.8, 4) is 0 Å². The first kappa shape index (κ1) is 16.2. The smallest absolute Gasteiger partial charge is 0.175 e. The van der Waals surface area contributed by atoms with Crippen LogP contribution in [0.4, 0.5) is 0 Å². The fourth-order valence-corrected chi connectivity index (χ4v) is 2.53. The summed E-state index contributed by atoms with van der Waals surface area (Å²) in [5.41, 5.74) is 1.15. The number of benzene rings is 1. The molecule has 0 fully saturated rings. The van der Waals surface area contributed by atoms with Gasteiger partial charge in [-0.3, -0.25) is 4.90 Å². The van der Waals surface area contributed by atoms with Crippen LogP contribution in [0.5, 0.6) is 0 Å². The van der Waals surface area contributed by atoms with Crippen LogP contribution >= 0.6 is 0 Å². The van der Waals surface area contributed by atoms with Crippen molar-refractivity contribution in [2.75, 3.05) is 19.8 Å². The van der Waals surface area contributed by atoms with Gasteiger partial charge in [0.1, 0.15) is 0 Å². The maximum Gasteiger partial charge on any atom is 0.175 e. The summed E-state index contributed by atoms with van der Waals surface area (Å²) >= 11 is 0. The quantitative estimate of drug-likeness (QED) is 0.805. The first-order chi connectivity index (χ1) is 8.71. The Bertz CT molecular complexity index is 491. The third-order valence-corrected chi connectivity index (χ3v) is 4.64.